The first-order valence-electron chi connectivity index (χ1n) is 8.15. The second kappa shape index (κ2) is 10.1. The summed E-state index contributed by atoms with van der Waals surface area (Å²) in [5, 5.41) is 3.14. The summed E-state index contributed by atoms with van der Waals surface area (Å²) >= 11 is 12.7. The lowest BCUT2D eigenvalue weighted by atomic mass is 10.1. The summed E-state index contributed by atoms with van der Waals surface area (Å²) in [4.78, 5) is 26.4. The third-order valence-corrected chi connectivity index (χ3v) is 5.31. The maximum absolute atomic E-state index is 12.8. The lowest BCUT2D eigenvalue weighted by molar-refractivity contribution is -0.142. The first-order valence-corrected chi connectivity index (χ1v) is 10.1. The lowest BCUT2D eigenvalue weighted by Crippen LogP contribution is -2.48. The molecular formula is C19H19Br2ClN2O3. The summed E-state index contributed by atoms with van der Waals surface area (Å²) in [6, 6.07) is 12.0. The zero-order valence-electron chi connectivity index (χ0n) is 14.8. The molecule has 0 fully saturated rings. The van der Waals surface area contributed by atoms with Gasteiger partial charge >= 0.3 is 0 Å². The van der Waals surface area contributed by atoms with Gasteiger partial charge in [0, 0.05) is 23.1 Å². The van der Waals surface area contributed by atoms with E-state index in [4.69, 9.17) is 16.3 Å². The Morgan fingerprint density at radius 1 is 1.19 bits per heavy atom. The predicted octanol–water partition coefficient (Wildman–Crippen LogP) is 4.41. The van der Waals surface area contributed by atoms with Crippen LogP contribution in [0.2, 0.25) is 5.02 Å². The first kappa shape index (κ1) is 21.7. The highest BCUT2D eigenvalue weighted by atomic mass is 79.9. The van der Waals surface area contributed by atoms with Crippen LogP contribution in [0.15, 0.2) is 51.4 Å². The minimum atomic E-state index is -0.636. The summed E-state index contributed by atoms with van der Waals surface area (Å²) < 4.78 is 7.22. The number of benzene rings is 2. The van der Waals surface area contributed by atoms with Gasteiger partial charge in [0.05, 0.1) is 4.47 Å². The SMILES string of the molecule is CNC(=O)[C@H](C)N(Cc1ccc(Br)cc1)C(=O)COc1ccc(Cl)cc1Br. The van der Waals surface area contributed by atoms with Crippen molar-refractivity contribution in [1.29, 1.82) is 0 Å². The van der Waals surface area contributed by atoms with E-state index in [0.29, 0.717) is 21.8 Å². The van der Waals surface area contributed by atoms with Gasteiger partial charge in [-0.05, 0) is 58.7 Å². The second-order valence-electron chi connectivity index (χ2n) is 5.80. The quantitative estimate of drug-likeness (QED) is 0.591. The molecule has 0 saturated heterocycles. The molecule has 0 spiro atoms. The Labute approximate surface area is 180 Å². The van der Waals surface area contributed by atoms with Crippen LogP contribution in [0.25, 0.3) is 0 Å². The Morgan fingerprint density at radius 2 is 1.85 bits per heavy atom. The van der Waals surface area contributed by atoms with Crippen LogP contribution in [-0.4, -0.2) is 36.4 Å². The van der Waals surface area contributed by atoms with Gasteiger partial charge in [-0.3, -0.25) is 9.59 Å². The van der Waals surface area contributed by atoms with Crippen molar-refractivity contribution >= 4 is 55.3 Å². The van der Waals surface area contributed by atoms with E-state index in [0.717, 1.165) is 10.0 Å². The molecule has 0 aliphatic heterocycles. The number of hydrogen-bond acceptors (Lipinski definition) is 3. The molecule has 2 rings (SSSR count). The average Bonchev–Trinajstić information content (AvgIpc) is 2.65. The maximum Gasteiger partial charge on any atom is 0.261 e. The summed E-state index contributed by atoms with van der Waals surface area (Å²) in [7, 11) is 1.54. The molecule has 0 aliphatic carbocycles. The fourth-order valence-corrected chi connectivity index (χ4v) is 3.45. The van der Waals surface area contributed by atoms with Crippen molar-refractivity contribution in [2.75, 3.05) is 13.7 Å². The van der Waals surface area contributed by atoms with Gasteiger partial charge in [0.15, 0.2) is 6.61 Å². The van der Waals surface area contributed by atoms with E-state index in [1.165, 1.54) is 4.90 Å². The van der Waals surface area contributed by atoms with Crippen molar-refractivity contribution in [3.63, 3.8) is 0 Å². The van der Waals surface area contributed by atoms with Gasteiger partial charge in [-0.15, -0.1) is 0 Å². The normalized spacial score (nSPS) is 11.6. The molecule has 27 heavy (non-hydrogen) atoms. The zero-order chi connectivity index (χ0) is 20.0. The van der Waals surface area contributed by atoms with E-state index in [1.54, 1.807) is 32.2 Å². The first-order chi connectivity index (χ1) is 12.8. The van der Waals surface area contributed by atoms with E-state index in [-0.39, 0.29) is 18.4 Å². The van der Waals surface area contributed by atoms with Crippen LogP contribution in [0.1, 0.15) is 12.5 Å². The van der Waals surface area contributed by atoms with Crippen molar-refractivity contribution in [2.24, 2.45) is 0 Å². The van der Waals surface area contributed by atoms with Gasteiger partial charge in [-0.2, -0.15) is 0 Å². The highest BCUT2D eigenvalue weighted by Gasteiger charge is 2.26. The predicted molar refractivity (Wildman–Crippen MR) is 113 cm³/mol. The number of amides is 2. The van der Waals surface area contributed by atoms with E-state index >= 15 is 0 Å². The molecule has 1 N–H and O–H groups in total. The maximum atomic E-state index is 12.8. The number of carbonyl (C=O) groups excluding carboxylic acids is 2. The number of nitrogens with zero attached hydrogens (tertiary/aromatic N) is 1. The molecule has 0 saturated carbocycles. The van der Waals surface area contributed by atoms with Crippen LogP contribution in [0.4, 0.5) is 0 Å². The van der Waals surface area contributed by atoms with Crippen LogP contribution in [0.5, 0.6) is 5.75 Å². The molecule has 8 heteroatoms. The van der Waals surface area contributed by atoms with Gasteiger partial charge < -0.3 is 15.0 Å². The Balaban J connectivity index is 2.14. The smallest absolute Gasteiger partial charge is 0.261 e. The molecule has 2 amide bonds. The Hall–Kier alpha value is -1.57. The molecule has 5 nitrogen and oxygen atoms in total. The lowest BCUT2D eigenvalue weighted by Gasteiger charge is -2.28. The van der Waals surface area contributed by atoms with Crippen molar-refractivity contribution in [3.05, 3.63) is 62.0 Å². The number of carbonyl (C=O) groups is 2. The molecule has 2 aromatic rings. The molecule has 0 bridgehead atoms. The van der Waals surface area contributed by atoms with E-state index in [2.05, 4.69) is 37.2 Å². The molecule has 0 aliphatic rings. The summed E-state index contributed by atoms with van der Waals surface area (Å²) in [6.45, 7) is 1.79. The summed E-state index contributed by atoms with van der Waals surface area (Å²) in [6.07, 6.45) is 0. The molecular weight excluding hydrogens is 499 g/mol. The van der Waals surface area contributed by atoms with Gasteiger partial charge in [0.2, 0.25) is 5.91 Å². The van der Waals surface area contributed by atoms with Crippen LogP contribution in [0, 0.1) is 0 Å². The molecule has 2 aromatic carbocycles. The fraction of sp³-hybridized carbons (Fsp3) is 0.263. The van der Waals surface area contributed by atoms with E-state index in [1.807, 2.05) is 24.3 Å². The number of hydrogen-bond donors (Lipinski definition) is 1. The van der Waals surface area contributed by atoms with Crippen molar-refractivity contribution in [3.8, 4) is 5.75 Å². The number of nitrogens with one attached hydrogen (secondary N) is 1. The van der Waals surface area contributed by atoms with Crippen molar-refractivity contribution in [2.45, 2.75) is 19.5 Å². The summed E-state index contributed by atoms with van der Waals surface area (Å²) in [5.74, 6) is -0.0343. The third-order valence-electron chi connectivity index (χ3n) is 3.92. The minimum absolute atomic E-state index is 0.196. The van der Waals surface area contributed by atoms with Crippen LogP contribution in [0.3, 0.4) is 0 Å². The average molecular weight is 519 g/mol. The number of ether oxygens (including phenoxy) is 1. The van der Waals surface area contributed by atoms with Gasteiger partial charge in [-0.25, -0.2) is 0 Å². The highest BCUT2D eigenvalue weighted by Crippen LogP contribution is 2.28. The Bertz CT molecular complexity index is 815. The number of rotatable bonds is 7. The molecule has 0 radical (unpaired) electrons. The standard InChI is InChI=1S/C19H19Br2ClN2O3/c1-12(19(26)23-2)24(10-13-3-5-14(20)6-4-13)18(25)11-27-17-8-7-15(22)9-16(17)21/h3-9,12H,10-11H2,1-2H3,(H,23,26)/t12-/m0/s1. The molecule has 0 aromatic heterocycles. The van der Waals surface area contributed by atoms with E-state index < -0.39 is 6.04 Å². The van der Waals surface area contributed by atoms with Gasteiger partial charge in [0.25, 0.3) is 5.91 Å². The number of halogens is 3. The fourth-order valence-electron chi connectivity index (χ4n) is 2.39. The van der Waals surface area contributed by atoms with Gasteiger partial charge in [-0.1, -0.05) is 39.7 Å². The monoisotopic (exact) mass is 516 g/mol. The number of likely N-dealkylation sites (N-methyl/N-ethyl adjacent to an activating group) is 1. The van der Waals surface area contributed by atoms with E-state index in [9.17, 15) is 9.59 Å². The van der Waals surface area contributed by atoms with Gasteiger partial charge in [0.1, 0.15) is 11.8 Å². The van der Waals surface area contributed by atoms with Crippen LogP contribution in [-0.2, 0) is 16.1 Å². The third kappa shape index (κ3) is 6.23. The largest absolute Gasteiger partial charge is 0.483 e. The van der Waals surface area contributed by atoms with Crippen molar-refractivity contribution < 1.29 is 14.3 Å². The molecule has 0 heterocycles. The molecule has 0 unspecified atom stereocenters. The topological polar surface area (TPSA) is 58.6 Å². The Morgan fingerprint density at radius 3 is 2.44 bits per heavy atom. The minimum Gasteiger partial charge on any atom is -0.483 e. The van der Waals surface area contributed by atoms with Crippen LogP contribution < -0.4 is 10.1 Å². The van der Waals surface area contributed by atoms with Crippen molar-refractivity contribution in [1.82, 2.24) is 10.2 Å². The highest BCUT2D eigenvalue weighted by molar-refractivity contribution is 9.10. The molecule has 1 atom stereocenters. The molecule has 144 valence electrons. The summed E-state index contributed by atoms with van der Waals surface area (Å²) in [5.41, 5.74) is 0.912. The van der Waals surface area contributed by atoms with Crippen LogP contribution >= 0.6 is 43.5 Å². The second-order valence-corrected chi connectivity index (χ2v) is 8.01. The zero-order valence-corrected chi connectivity index (χ0v) is 18.8. The Kier molecular flexibility index (Phi) is 8.13.